The second-order valence-electron chi connectivity index (χ2n) is 11.3. The van der Waals surface area contributed by atoms with Gasteiger partial charge in [0, 0.05) is 72.9 Å². The zero-order valence-corrected chi connectivity index (χ0v) is 25.7. The predicted octanol–water partition coefficient (Wildman–Crippen LogP) is 5.68. The number of pyridine rings is 2. The fourth-order valence-corrected chi connectivity index (χ4v) is 5.69. The average Bonchev–Trinajstić information content (AvgIpc) is 3.53. The summed E-state index contributed by atoms with van der Waals surface area (Å²) in [5, 5.41) is 3.12. The highest BCUT2D eigenvalue weighted by Gasteiger charge is 2.28. The van der Waals surface area contributed by atoms with Crippen LogP contribution in [0.4, 0.5) is 18.9 Å². The third-order valence-electron chi connectivity index (χ3n) is 8.16. The number of hydrogen-bond donors (Lipinski definition) is 1. The van der Waals surface area contributed by atoms with Gasteiger partial charge in [-0.15, -0.1) is 0 Å². The fraction of sp³-hybridized carbons (Fsp3) is 0.229. The van der Waals surface area contributed by atoms with Crippen molar-refractivity contribution >= 4 is 22.5 Å². The van der Waals surface area contributed by atoms with E-state index in [1.165, 1.54) is 54.3 Å². The second kappa shape index (κ2) is 12.9. The van der Waals surface area contributed by atoms with Gasteiger partial charge in [-0.2, -0.15) is 0 Å². The highest BCUT2D eigenvalue weighted by Crippen LogP contribution is 2.38. The van der Waals surface area contributed by atoms with E-state index < -0.39 is 29.3 Å². The van der Waals surface area contributed by atoms with Crippen LogP contribution < -0.4 is 29.8 Å². The molecule has 0 radical (unpaired) electrons. The molecule has 2 aliphatic heterocycles. The van der Waals surface area contributed by atoms with E-state index in [4.69, 9.17) is 18.9 Å². The number of carbonyl (C=O) groups excluding carboxylic acids is 1. The molecule has 0 atom stereocenters. The maximum Gasteiger partial charge on any atom is 0.271 e. The van der Waals surface area contributed by atoms with Gasteiger partial charge in [-0.25, -0.2) is 13.2 Å². The fourth-order valence-electron chi connectivity index (χ4n) is 5.69. The molecule has 1 amide bonds. The van der Waals surface area contributed by atoms with Gasteiger partial charge in [0.05, 0.1) is 19.2 Å². The molecule has 0 unspecified atom stereocenters. The standard InChI is InChI=1S/C35H29F3N4O6/c1-45-30-15-25-27(16-31(30)46-13-11-41-18-22(37)19-41)39-10-8-28(25)48-29-7-4-23(14-26(29)38)40-34(43)32-33-20(9-12-47-33)17-42(35(32)44)24-5-2-21(36)3-6-24/h2-8,10,14-17,22H,9,11-13,18-19H2,1H3,(H,40,43). The quantitative estimate of drug-likeness (QED) is 0.204. The summed E-state index contributed by atoms with van der Waals surface area (Å²) in [5.41, 5.74) is 0.703. The van der Waals surface area contributed by atoms with Crippen LogP contribution in [0.2, 0.25) is 0 Å². The number of carbonyl (C=O) groups is 1. The first-order valence-corrected chi connectivity index (χ1v) is 15.2. The molecule has 2 aromatic heterocycles. The van der Waals surface area contributed by atoms with Crippen LogP contribution in [-0.4, -0.2) is 66.5 Å². The third-order valence-corrected chi connectivity index (χ3v) is 8.16. The lowest BCUT2D eigenvalue weighted by molar-refractivity contribution is 0.0536. The van der Waals surface area contributed by atoms with Crippen LogP contribution in [0.3, 0.4) is 0 Å². The molecule has 13 heteroatoms. The number of rotatable bonds is 10. The number of amides is 1. The molecule has 2 aliphatic rings. The summed E-state index contributed by atoms with van der Waals surface area (Å²) in [4.78, 5) is 33.2. The number of aromatic nitrogens is 2. The smallest absolute Gasteiger partial charge is 0.271 e. The lowest BCUT2D eigenvalue weighted by Crippen LogP contribution is -2.49. The summed E-state index contributed by atoms with van der Waals surface area (Å²) in [7, 11) is 1.49. The molecule has 7 rings (SSSR count). The van der Waals surface area contributed by atoms with Crippen LogP contribution in [0.5, 0.6) is 28.7 Å². The van der Waals surface area contributed by atoms with Crippen molar-refractivity contribution in [2.45, 2.75) is 12.6 Å². The van der Waals surface area contributed by atoms with Crippen LogP contribution in [0.1, 0.15) is 15.9 Å². The van der Waals surface area contributed by atoms with Gasteiger partial charge in [-0.3, -0.25) is 24.0 Å². The molecule has 0 saturated carbocycles. The number of alkyl halides is 1. The number of nitrogens with one attached hydrogen (secondary N) is 1. The largest absolute Gasteiger partial charge is 0.493 e. The highest BCUT2D eigenvalue weighted by atomic mass is 19.1. The molecule has 3 aromatic carbocycles. The Morgan fingerprint density at radius 1 is 1.02 bits per heavy atom. The Morgan fingerprint density at radius 3 is 2.58 bits per heavy atom. The minimum Gasteiger partial charge on any atom is -0.493 e. The molecule has 0 bridgehead atoms. The van der Waals surface area contributed by atoms with Crippen LogP contribution in [0, 0.1) is 11.6 Å². The molecule has 5 aromatic rings. The van der Waals surface area contributed by atoms with Crippen LogP contribution in [0.25, 0.3) is 16.6 Å². The normalized spacial score (nSPS) is 14.2. The molecule has 246 valence electrons. The molecule has 0 spiro atoms. The summed E-state index contributed by atoms with van der Waals surface area (Å²) in [6.07, 6.45) is 2.77. The van der Waals surface area contributed by atoms with E-state index in [2.05, 4.69) is 10.3 Å². The van der Waals surface area contributed by atoms with E-state index in [1.807, 2.05) is 4.90 Å². The first kappa shape index (κ1) is 31.1. The average molecular weight is 659 g/mol. The Labute approximate surface area is 272 Å². The molecule has 1 N–H and O–H groups in total. The van der Waals surface area contributed by atoms with E-state index >= 15 is 4.39 Å². The number of methoxy groups -OCH3 is 1. The number of fused-ring (bicyclic) bond motifs is 2. The molecule has 1 saturated heterocycles. The number of anilines is 1. The molecule has 48 heavy (non-hydrogen) atoms. The van der Waals surface area contributed by atoms with Gasteiger partial charge in [0.2, 0.25) is 0 Å². The number of nitrogens with zero attached hydrogens (tertiary/aromatic N) is 3. The summed E-state index contributed by atoms with van der Waals surface area (Å²) in [6, 6.07) is 14.1. The Bertz CT molecular complexity index is 2080. The lowest BCUT2D eigenvalue weighted by atomic mass is 10.1. The summed E-state index contributed by atoms with van der Waals surface area (Å²) in [6.45, 7) is 1.99. The molecule has 0 aliphatic carbocycles. The van der Waals surface area contributed by atoms with Gasteiger partial charge in [0.1, 0.15) is 35.7 Å². The second-order valence-corrected chi connectivity index (χ2v) is 11.3. The topological polar surface area (TPSA) is 104 Å². The maximum atomic E-state index is 15.4. The van der Waals surface area contributed by atoms with Crippen molar-refractivity contribution in [3.63, 3.8) is 0 Å². The maximum absolute atomic E-state index is 15.4. The molecular formula is C35H29F3N4O6. The Morgan fingerprint density at radius 2 is 1.83 bits per heavy atom. The van der Waals surface area contributed by atoms with Crippen molar-refractivity contribution in [3.05, 3.63) is 106 Å². The van der Waals surface area contributed by atoms with E-state index in [1.54, 1.807) is 24.4 Å². The van der Waals surface area contributed by atoms with E-state index in [-0.39, 0.29) is 29.4 Å². The molecule has 1 fully saturated rings. The number of likely N-dealkylation sites (tertiary alicyclic amines) is 1. The van der Waals surface area contributed by atoms with Gasteiger partial charge in [-0.1, -0.05) is 0 Å². The zero-order valence-electron chi connectivity index (χ0n) is 25.7. The molecule has 10 nitrogen and oxygen atoms in total. The SMILES string of the molecule is COc1cc2c(Oc3ccc(NC(=O)c4c5c(cn(-c6ccc(F)cc6)c4=O)CCO5)cc3F)ccnc2cc1OCCN1CC(F)C1. The molecule has 4 heterocycles. The Balaban J connectivity index is 1.10. The van der Waals surface area contributed by atoms with Gasteiger partial charge < -0.3 is 24.3 Å². The first-order chi connectivity index (χ1) is 23.3. The summed E-state index contributed by atoms with van der Waals surface area (Å²) >= 11 is 0. The molecular weight excluding hydrogens is 629 g/mol. The minimum absolute atomic E-state index is 0.0801. The monoisotopic (exact) mass is 658 g/mol. The third kappa shape index (κ3) is 6.11. The first-order valence-electron chi connectivity index (χ1n) is 15.2. The predicted molar refractivity (Wildman–Crippen MR) is 171 cm³/mol. The van der Waals surface area contributed by atoms with Gasteiger partial charge in [-0.05, 0) is 48.5 Å². The van der Waals surface area contributed by atoms with Crippen molar-refractivity contribution < 1.29 is 36.9 Å². The number of halogens is 3. The van der Waals surface area contributed by atoms with Crippen molar-refractivity contribution in [2.24, 2.45) is 0 Å². The number of ether oxygens (including phenoxy) is 4. The van der Waals surface area contributed by atoms with Gasteiger partial charge in [0.15, 0.2) is 23.1 Å². The van der Waals surface area contributed by atoms with Crippen molar-refractivity contribution in [2.75, 3.05) is 45.3 Å². The van der Waals surface area contributed by atoms with Crippen molar-refractivity contribution in [1.29, 1.82) is 0 Å². The Hall–Kier alpha value is -5.56. The van der Waals surface area contributed by atoms with Crippen LogP contribution >= 0.6 is 0 Å². The van der Waals surface area contributed by atoms with Gasteiger partial charge >= 0.3 is 0 Å². The van der Waals surface area contributed by atoms with Gasteiger partial charge in [0.25, 0.3) is 11.5 Å². The summed E-state index contributed by atoms with van der Waals surface area (Å²) in [5.74, 6) is -0.813. The Kier molecular flexibility index (Phi) is 8.36. The van der Waals surface area contributed by atoms with Crippen molar-refractivity contribution in [1.82, 2.24) is 14.5 Å². The zero-order chi connectivity index (χ0) is 33.4. The highest BCUT2D eigenvalue weighted by molar-refractivity contribution is 6.06. The van der Waals surface area contributed by atoms with E-state index in [0.29, 0.717) is 72.1 Å². The lowest BCUT2D eigenvalue weighted by Gasteiger charge is -2.33. The van der Waals surface area contributed by atoms with Crippen LogP contribution in [-0.2, 0) is 6.42 Å². The number of benzene rings is 3. The number of hydrogen-bond acceptors (Lipinski definition) is 8. The van der Waals surface area contributed by atoms with E-state index in [0.717, 1.165) is 6.07 Å². The van der Waals surface area contributed by atoms with Crippen molar-refractivity contribution in [3.8, 4) is 34.4 Å². The van der Waals surface area contributed by atoms with Crippen LogP contribution in [0.15, 0.2) is 77.9 Å². The minimum atomic E-state index is -0.789. The van der Waals surface area contributed by atoms with E-state index in [9.17, 15) is 18.4 Å². The summed E-state index contributed by atoms with van der Waals surface area (Å²) < 4.78 is 66.2.